The minimum atomic E-state index is 0.155. The van der Waals surface area contributed by atoms with Crippen molar-refractivity contribution in [2.45, 2.75) is 25.7 Å². The quantitative estimate of drug-likeness (QED) is 0.529. The summed E-state index contributed by atoms with van der Waals surface area (Å²) in [5.41, 5.74) is 4.57. The molecule has 0 amide bonds. The second-order valence-corrected chi connectivity index (χ2v) is 6.16. The van der Waals surface area contributed by atoms with Crippen LogP contribution < -0.4 is 0 Å². The molecule has 0 heterocycles. The summed E-state index contributed by atoms with van der Waals surface area (Å²) in [6, 6.07) is 8.75. The predicted molar refractivity (Wildman–Crippen MR) is 83.6 cm³/mol. The first-order valence-corrected chi connectivity index (χ1v) is 6.91. The van der Waals surface area contributed by atoms with Gasteiger partial charge in [-0.2, -0.15) is 0 Å². The van der Waals surface area contributed by atoms with E-state index in [1.807, 2.05) is 12.2 Å². The Balaban J connectivity index is 2.44. The van der Waals surface area contributed by atoms with Gasteiger partial charge in [0.2, 0.25) is 0 Å². The zero-order valence-electron chi connectivity index (χ0n) is 10.3. The van der Waals surface area contributed by atoms with Gasteiger partial charge in [-0.15, -0.1) is 0 Å². The molecular weight excluding hydrogens is 319 g/mol. The maximum Gasteiger partial charge on any atom is 0.0130 e. The minimum absolute atomic E-state index is 0.155. The monoisotopic (exact) mass is 336 g/mol. The van der Waals surface area contributed by atoms with E-state index in [2.05, 4.69) is 73.4 Å². The van der Waals surface area contributed by atoms with E-state index in [9.17, 15) is 0 Å². The standard InChI is InChI=1S/C16H17I/c1-4-7-14(17)11-13-10-12-8-5-6-9-15(12)16(13,2)3/h4-9,11H,1,10H2,2-3H3/b13-11+,14-7+. The van der Waals surface area contributed by atoms with Crippen LogP contribution in [0.25, 0.3) is 0 Å². The molecule has 1 aromatic carbocycles. The molecule has 0 N–H and O–H groups in total. The minimum Gasteiger partial charge on any atom is -0.0990 e. The van der Waals surface area contributed by atoms with Crippen LogP contribution in [0.2, 0.25) is 0 Å². The molecule has 0 aliphatic heterocycles. The van der Waals surface area contributed by atoms with Crippen molar-refractivity contribution in [3.05, 3.63) is 69.4 Å². The van der Waals surface area contributed by atoms with E-state index in [0.717, 1.165) is 6.42 Å². The second kappa shape index (κ2) is 4.81. The van der Waals surface area contributed by atoms with Crippen molar-refractivity contribution in [3.63, 3.8) is 0 Å². The molecule has 0 unspecified atom stereocenters. The van der Waals surface area contributed by atoms with Gasteiger partial charge in [0.25, 0.3) is 0 Å². The normalized spacial score (nSPS) is 20.4. The zero-order chi connectivity index (χ0) is 12.5. The van der Waals surface area contributed by atoms with Crippen LogP contribution in [0.15, 0.2) is 58.2 Å². The molecule has 0 radical (unpaired) electrons. The van der Waals surface area contributed by atoms with Crippen molar-refractivity contribution in [2.75, 3.05) is 0 Å². The van der Waals surface area contributed by atoms with Crippen LogP contribution in [0.1, 0.15) is 25.0 Å². The maximum atomic E-state index is 3.74. The molecule has 0 saturated heterocycles. The van der Waals surface area contributed by atoms with Gasteiger partial charge in [0.1, 0.15) is 0 Å². The lowest BCUT2D eigenvalue weighted by Gasteiger charge is -2.22. The van der Waals surface area contributed by atoms with Gasteiger partial charge in [0, 0.05) is 8.99 Å². The van der Waals surface area contributed by atoms with Crippen LogP contribution in [-0.4, -0.2) is 0 Å². The van der Waals surface area contributed by atoms with E-state index in [-0.39, 0.29) is 5.41 Å². The summed E-state index contributed by atoms with van der Waals surface area (Å²) in [7, 11) is 0. The summed E-state index contributed by atoms with van der Waals surface area (Å²) in [5, 5.41) is 0. The van der Waals surface area contributed by atoms with Crippen molar-refractivity contribution in [2.24, 2.45) is 0 Å². The molecule has 0 bridgehead atoms. The van der Waals surface area contributed by atoms with Crippen LogP contribution >= 0.6 is 22.6 Å². The molecule has 0 fully saturated rings. The number of fused-ring (bicyclic) bond motifs is 1. The Bertz CT molecular complexity index is 504. The Hall–Kier alpha value is -0.830. The number of benzene rings is 1. The molecule has 1 aromatic rings. The highest BCUT2D eigenvalue weighted by molar-refractivity contribution is 14.1. The zero-order valence-corrected chi connectivity index (χ0v) is 12.5. The Morgan fingerprint density at radius 2 is 2.06 bits per heavy atom. The fourth-order valence-electron chi connectivity index (χ4n) is 2.44. The SMILES string of the molecule is C=C/C=C(I)\C=C1/Cc2ccccc2C1(C)C. The average Bonchev–Trinajstić information content (AvgIpc) is 2.52. The maximum absolute atomic E-state index is 3.74. The van der Waals surface area contributed by atoms with Gasteiger partial charge in [-0.1, -0.05) is 56.3 Å². The molecule has 1 heteroatoms. The van der Waals surface area contributed by atoms with Gasteiger partial charge in [-0.25, -0.2) is 0 Å². The first kappa shape index (κ1) is 12.6. The number of halogens is 1. The fourth-order valence-corrected chi connectivity index (χ4v) is 3.07. The van der Waals surface area contributed by atoms with E-state index in [4.69, 9.17) is 0 Å². The highest BCUT2D eigenvalue weighted by Crippen LogP contribution is 2.43. The van der Waals surface area contributed by atoms with Crippen LogP contribution in [0, 0.1) is 0 Å². The first-order valence-electron chi connectivity index (χ1n) is 5.83. The van der Waals surface area contributed by atoms with E-state index in [1.54, 1.807) is 0 Å². The summed E-state index contributed by atoms with van der Waals surface area (Å²) in [4.78, 5) is 0. The van der Waals surface area contributed by atoms with Crippen LogP contribution in [0.3, 0.4) is 0 Å². The molecule has 88 valence electrons. The van der Waals surface area contributed by atoms with Gasteiger partial charge < -0.3 is 0 Å². The van der Waals surface area contributed by atoms with E-state index in [0.29, 0.717) is 0 Å². The van der Waals surface area contributed by atoms with Crippen LogP contribution in [0.5, 0.6) is 0 Å². The Labute approximate surface area is 117 Å². The lowest BCUT2D eigenvalue weighted by Crippen LogP contribution is -2.15. The third-order valence-corrected chi connectivity index (χ3v) is 4.13. The molecule has 0 nitrogen and oxygen atoms in total. The molecule has 0 atom stereocenters. The van der Waals surface area contributed by atoms with Gasteiger partial charge >= 0.3 is 0 Å². The van der Waals surface area contributed by atoms with E-state index < -0.39 is 0 Å². The summed E-state index contributed by atoms with van der Waals surface area (Å²) >= 11 is 2.36. The molecule has 17 heavy (non-hydrogen) atoms. The van der Waals surface area contributed by atoms with Crippen molar-refractivity contribution < 1.29 is 0 Å². The fraction of sp³-hybridized carbons (Fsp3) is 0.250. The molecule has 0 aromatic heterocycles. The van der Waals surface area contributed by atoms with Crippen LogP contribution in [0.4, 0.5) is 0 Å². The molecule has 2 rings (SSSR count). The number of hydrogen-bond donors (Lipinski definition) is 0. The van der Waals surface area contributed by atoms with Crippen molar-refractivity contribution in [1.29, 1.82) is 0 Å². The summed E-state index contributed by atoms with van der Waals surface area (Å²) in [5.74, 6) is 0. The lowest BCUT2D eigenvalue weighted by molar-refractivity contribution is 0.644. The first-order chi connectivity index (χ1) is 8.05. The Morgan fingerprint density at radius 1 is 1.35 bits per heavy atom. The highest BCUT2D eigenvalue weighted by Gasteiger charge is 2.33. The number of allylic oxidation sites excluding steroid dienone is 5. The Morgan fingerprint density at radius 3 is 2.71 bits per heavy atom. The van der Waals surface area contributed by atoms with E-state index >= 15 is 0 Å². The molecular formula is C16H17I. The molecule has 0 spiro atoms. The predicted octanol–water partition coefficient (Wildman–Crippen LogP) is 4.95. The second-order valence-electron chi connectivity index (χ2n) is 4.92. The van der Waals surface area contributed by atoms with Crippen molar-refractivity contribution in [3.8, 4) is 0 Å². The summed E-state index contributed by atoms with van der Waals surface area (Å²) in [6.45, 7) is 8.36. The van der Waals surface area contributed by atoms with Gasteiger partial charge in [0.05, 0.1) is 0 Å². The van der Waals surface area contributed by atoms with Crippen molar-refractivity contribution >= 4 is 22.6 Å². The number of rotatable bonds is 2. The van der Waals surface area contributed by atoms with Crippen LogP contribution in [-0.2, 0) is 11.8 Å². The van der Waals surface area contributed by atoms with Gasteiger partial charge in [-0.05, 0) is 52.3 Å². The smallest absolute Gasteiger partial charge is 0.0130 e. The third kappa shape index (κ3) is 2.39. The van der Waals surface area contributed by atoms with E-state index in [1.165, 1.54) is 20.3 Å². The highest BCUT2D eigenvalue weighted by atomic mass is 127. The molecule has 0 saturated carbocycles. The third-order valence-electron chi connectivity index (χ3n) is 3.46. The summed E-state index contributed by atoms with van der Waals surface area (Å²) in [6.07, 6.45) is 7.25. The summed E-state index contributed by atoms with van der Waals surface area (Å²) < 4.78 is 1.24. The molecule has 1 aliphatic rings. The largest absolute Gasteiger partial charge is 0.0990 e. The van der Waals surface area contributed by atoms with Gasteiger partial charge in [0.15, 0.2) is 0 Å². The topological polar surface area (TPSA) is 0 Å². The number of hydrogen-bond acceptors (Lipinski definition) is 0. The van der Waals surface area contributed by atoms with Crippen molar-refractivity contribution in [1.82, 2.24) is 0 Å². The Kier molecular flexibility index (Phi) is 3.57. The average molecular weight is 336 g/mol. The lowest BCUT2D eigenvalue weighted by atomic mass is 9.82. The van der Waals surface area contributed by atoms with Gasteiger partial charge in [-0.3, -0.25) is 0 Å². The molecule has 1 aliphatic carbocycles.